The molecule has 0 bridgehead atoms. The van der Waals surface area contributed by atoms with Crippen LogP contribution in [0.4, 0.5) is 5.82 Å². The fourth-order valence-corrected chi connectivity index (χ4v) is 3.57. The second-order valence-electron chi connectivity index (χ2n) is 4.66. The lowest BCUT2D eigenvalue weighted by atomic mass is 10.3. The molecule has 0 radical (unpaired) electrons. The maximum absolute atomic E-state index is 12.4. The number of pyridine rings is 1. The van der Waals surface area contributed by atoms with Crippen molar-refractivity contribution in [2.45, 2.75) is 18.2 Å². The van der Waals surface area contributed by atoms with Gasteiger partial charge in [-0.05, 0) is 25.1 Å². The van der Waals surface area contributed by atoms with Gasteiger partial charge >= 0.3 is 0 Å². The zero-order valence-corrected chi connectivity index (χ0v) is 11.9. The van der Waals surface area contributed by atoms with Gasteiger partial charge in [0.2, 0.25) is 10.0 Å². The second kappa shape index (κ2) is 5.85. The largest absolute Gasteiger partial charge is 0.384 e. The third kappa shape index (κ3) is 3.23. The van der Waals surface area contributed by atoms with Crippen molar-refractivity contribution in [3.63, 3.8) is 0 Å². The van der Waals surface area contributed by atoms with Gasteiger partial charge in [0.05, 0.1) is 0 Å². The molecular formula is C12H20N4O2S. The maximum atomic E-state index is 12.4. The van der Waals surface area contributed by atoms with Crippen molar-refractivity contribution in [3.05, 3.63) is 18.3 Å². The van der Waals surface area contributed by atoms with Crippen LogP contribution in [0.25, 0.3) is 0 Å². The van der Waals surface area contributed by atoms with E-state index in [0.29, 0.717) is 18.9 Å². The van der Waals surface area contributed by atoms with E-state index in [4.69, 9.17) is 5.73 Å². The summed E-state index contributed by atoms with van der Waals surface area (Å²) >= 11 is 0. The van der Waals surface area contributed by atoms with Crippen LogP contribution in [0, 0.1) is 0 Å². The molecule has 1 aromatic rings. The molecule has 1 aliphatic heterocycles. The Hall–Kier alpha value is -1.18. The van der Waals surface area contributed by atoms with Crippen LogP contribution in [0.5, 0.6) is 0 Å². The van der Waals surface area contributed by atoms with Crippen molar-refractivity contribution in [2.24, 2.45) is 0 Å². The molecular weight excluding hydrogens is 264 g/mol. The van der Waals surface area contributed by atoms with Gasteiger partial charge < -0.3 is 10.6 Å². The lowest BCUT2D eigenvalue weighted by molar-refractivity contribution is 0.188. The predicted octanol–water partition coefficient (Wildman–Crippen LogP) is 0.380. The molecule has 2 rings (SSSR count). The monoisotopic (exact) mass is 284 g/mol. The lowest BCUT2D eigenvalue weighted by Crippen LogP contribution is -2.48. The fraction of sp³-hybridized carbons (Fsp3) is 0.583. The number of nitrogen functional groups attached to an aromatic ring is 1. The van der Waals surface area contributed by atoms with Crippen molar-refractivity contribution in [1.29, 1.82) is 0 Å². The van der Waals surface area contributed by atoms with Gasteiger partial charge in [0.15, 0.2) is 0 Å². The van der Waals surface area contributed by atoms with Crippen LogP contribution in [-0.4, -0.2) is 55.3 Å². The van der Waals surface area contributed by atoms with Crippen LogP contribution < -0.4 is 5.73 Å². The van der Waals surface area contributed by atoms with E-state index in [1.807, 2.05) is 0 Å². The van der Waals surface area contributed by atoms with Gasteiger partial charge in [-0.15, -0.1) is 0 Å². The molecule has 0 aliphatic carbocycles. The van der Waals surface area contributed by atoms with Gasteiger partial charge in [-0.2, -0.15) is 4.31 Å². The van der Waals surface area contributed by atoms with Crippen molar-refractivity contribution in [2.75, 3.05) is 38.5 Å². The summed E-state index contributed by atoms with van der Waals surface area (Å²) in [4.78, 5) is 6.34. The number of aromatic nitrogens is 1. The molecule has 0 spiro atoms. The number of nitrogens with zero attached hydrogens (tertiary/aromatic N) is 3. The summed E-state index contributed by atoms with van der Waals surface area (Å²) in [6.45, 7) is 5.80. The van der Waals surface area contributed by atoms with Crippen molar-refractivity contribution in [1.82, 2.24) is 14.2 Å². The first kappa shape index (κ1) is 14.2. The van der Waals surface area contributed by atoms with Gasteiger partial charge in [0.1, 0.15) is 10.7 Å². The molecule has 19 heavy (non-hydrogen) atoms. The van der Waals surface area contributed by atoms with Crippen LogP contribution in [0.15, 0.2) is 23.2 Å². The molecule has 0 aromatic carbocycles. The van der Waals surface area contributed by atoms with E-state index in [2.05, 4.69) is 16.8 Å². The second-order valence-corrected chi connectivity index (χ2v) is 6.60. The molecule has 1 aliphatic rings. The first-order valence-electron chi connectivity index (χ1n) is 6.48. The number of nitrogens with two attached hydrogens (primary N) is 1. The van der Waals surface area contributed by atoms with Crippen molar-refractivity contribution < 1.29 is 8.42 Å². The van der Waals surface area contributed by atoms with Crippen LogP contribution in [0.1, 0.15) is 13.3 Å². The van der Waals surface area contributed by atoms with E-state index in [1.54, 1.807) is 0 Å². The smallest absolute Gasteiger partial charge is 0.244 e. The molecule has 0 atom stereocenters. The van der Waals surface area contributed by atoms with Gasteiger partial charge in [0.25, 0.3) is 0 Å². The molecule has 0 unspecified atom stereocenters. The summed E-state index contributed by atoms with van der Waals surface area (Å²) in [6.07, 6.45) is 2.41. The van der Waals surface area contributed by atoms with E-state index in [0.717, 1.165) is 26.1 Å². The van der Waals surface area contributed by atoms with E-state index >= 15 is 0 Å². The van der Waals surface area contributed by atoms with Gasteiger partial charge in [-0.1, -0.05) is 6.92 Å². The highest BCUT2D eigenvalue weighted by molar-refractivity contribution is 7.89. The van der Waals surface area contributed by atoms with E-state index in [1.165, 1.54) is 22.6 Å². The number of rotatable bonds is 4. The Balaban J connectivity index is 2.07. The SMILES string of the molecule is CCCN1CCN(S(=O)(=O)c2ccc(N)nc2)CC1. The standard InChI is InChI=1S/C12H20N4O2S/c1-2-5-15-6-8-16(9-7-15)19(17,18)11-3-4-12(13)14-10-11/h3-4,10H,2,5-9H2,1H3,(H2,13,14). The summed E-state index contributed by atoms with van der Waals surface area (Å²) in [5.74, 6) is 0.326. The maximum Gasteiger partial charge on any atom is 0.244 e. The number of hydrogen-bond acceptors (Lipinski definition) is 5. The van der Waals surface area contributed by atoms with E-state index < -0.39 is 10.0 Å². The van der Waals surface area contributed by atoms with E-state index in [9.17, 15) is 8.42 Å². The third-order valence-electron chi connectivity index (χ3n) is 3.27. The topological polar surface area (TPSA) is 79.5 Å². The first-order chi connectivity index (χ1) is 9.04. The number of sulfonamides is 1. The average Bonchev–Trinajstić information content (AvgIpc) is 2.40. The Morgan fingerprint density at radius 2 is 1.95 bits per heavy atom. The minimum absolute atomic E-state index is 0.214. The Labute approximate surface area is 114 Å². The summed E-state index contributed by atoms with van der Waals surface area (Å²) in [5.41, 5.74) is 5.47. The molecule has 0 amide bonds. The van der Waals surface area contributed by atoms with Crippen LogP contribution >= 0.6 is 0 Å². The van der Waals surface area contributed by atoms with E-state index in [-0.39, 0.29) is 4.90 Å². The molecule has 106 valence electrons. The van der Waals surface area contributed by atoms with Gasteiger partial charge in [0, 0.05) is 32.4 Å². The molecule has 6 nitrogen and oxygen atoms in total. The lowest BCUT2D eigenvalue weighted by Gasteiger charge is -2.33. The zero-order valence-electron chi connectivity index (χ0n) is 11.1. The Morgan fingerprint density at radius 1 is 1.26 bits per heavy atom. The highest BCUT2D eigenvalue weighted by Gasteiger charge is 2.28. The Kier molecular flexibility index (Phi) is 4.38. The highest BCUT2D eigenvalue weighted by atomic mass is 32.2. The number of anilines is 1. The fourth-order valence-electron chi connectivity index (χ4n) is 2.20. The summed E-state index contributed by atoms with van der Waals surface area (Å²) < 4.78 is 26.3. The molecule has 2 heterocycles. The normalized spacial score (nSPS) is 18.6. The summed E-state index contributed by atoms with van der Waals surface area (Å²) in [6, 6.07) is 3.02. The minimum atomic E-state index is -3.43. The quantitative estimate of drug-likeness (QED) is 0.864. The molecule has 7 heteroatoms. The Bertz CT molecular complexity index is 507. The van der Waals surface area contributed by atoms with Crippen LogP contribution in [-0.2, 0) is 10.0 Å². The highest BCUT2D eigenvalue weighted by Crippen LogP contribution is 2.17. The summed E-state index contributed by atoms with van der Waals surface area (Å²) in [5, 5.41) is 0. The predicted molar refractivity (Wildman–Crippen MR) is 74.1 cm³/mol. The minimum Gasteiger partial charge on any atom is -0.384 e. The van der Waals surface area contributed by atoms with Gasteiger partial charge in [-0.3, -0.25) is 0 Å². The van der Waals surface area contributed by atoms with Crippen molar-refractivity contribution >= 4 is 15.8 Å². The van der Waals surface area contributed by atoms with Crippen molar-refractivity contribution in [3.8, 4) is 0 Å². The average molecular weight is 284 g/mol. The third-order valence-corrected chi connectivity index (χ3v) is 5.15. The molecule has 1 fully saturated rings. The molecule has 0 saturated carbocycles. The molecule has 1 saturated heterocycles. The molecule has 2 N–H and O–H groups in total. The van der Waals surface area contributed by atoms with Crippen LogP contribution in [0.2, 0.25) is 0 Å². The number of piperazine rings is 1. The zero-order chi connectivity index (χ0) is 13.9. The van der Waals surface area contributed by atoms with Gasteiger partial charge in [-0.25, -0.2) is 13.4 Å². The van der Waals surface area contributed by atoms with Crippen LogP contribution in [0.3, 0.4) is 0 Å². The number of hydrogen-bond donors (Lipinski definition) is 1. The molecule has 1 aromatic heterocycles. The first-order valence-corrected chi connectivity index (χ1v) is 7.92. The Morgan fingerprint density at radius 3 is 2.47 bits per heavy atom. The summed E-state index contributed by atoms with van der Waals surface area (Å²) in [7, 11) is -3.43.